The zero-order valence-corrected chi connectivity index (χ0v) is 14.5. The van der Waals surface area contributed by atoms with Gasteiger partial charge in [-0.25, -0.2) is 4.39 Å². The number of rotatable bonds is 6. The minimum absolute atomic E-state index is 0.263. The number of aryl methyl sites for hydroxylation is 2. The van der Waals surface area contributed by atoms with Crippen molar-refractivity contribution in [1.82, 2.24) is 15.1 Å². The highest BCUT2D eigenvalue weighted by atomic mass is 19.1. The highest BCUT2D eigenvalue weighted by molar-refractivity contribution is 5.96. The summed E-state index contributed by atoms with van der Waals surface area (Å²) in [6.45, 7) is 8.19. The van der Waals surface area contributed by atoms with Crippen molar-refractivity contribution in [2.75, 3.05) is 0 Å². The first-order valence-electron chi connectivity index (χ1n) is 8.13. The van der Waals surface area contributed by atoms with Crippen molar-refractivity contribution in [3.8, 4) is 0 Å². The summed E-state index contributed by atoms with van der Waals surface area (Å²) in [4.78, 5) is 12.6. The summed E-state index contributed by atoms with van der Waals surface area (Å²) in [6, 6.07) is 5.08. The lowest BCUT2D eigenvalue weighted by Crippen LogP contribution is -2.37. The van der Waals surface area contributed by atoms with Crippen LogP contribution in [-0.2, 0) is 6.54 Å². The molecule has 0 aliphatic rings. The Morgan fingerprint density at radius 3 is 2.54 bits per heavy atom. The number of benzene rings is 1. The molecule has 0 aliphatic heterocycles. The molecule has 130 valence electrons. The molecule has 2 rings (SSSR count). The molecule has 1 heterocycles. The van der Waals surface area contributed by atoms with E-state index in [-0.39, 0.29) is 11.7 Å². The third-order valence-corrected chi connectivity index (χ3v) is 4.09. The lowest BCUT2D eigenvalue weighted by atomic mass is 10.0. The molecule has 0 bridgehead atoms. The molecule has 0 fully saturated rings. The van der Waals surface area contributed by atoms with Crippen molar-refractivity contribution in [2.24, 2.45) is 0 Å². The maximum absolute atomic E-state index is 13.0. The van der Waals surface area contributed by atoms with Gasteiger partial charge in [0.2, 0.25) is 0 Å². The van der Waals surface area contributed by atoms with Crippen LogP contribution in [0.2, 0.25) is 0 Å². The standard InChI is InChI=1S/C18H24FN3O2/c1-5-10-22-13(4)16(11(2)21-22)18(24)20-12(3)17(23)14-6-8-15(19)9-7-14/h6-9,12,17,23H,5,10H2,1-4H3,(H,20,24). The predicted octanol–water partition coefficient (Wildman–Crippen LogP) is 2.90. The topological polar surface area (TPSA) is 67.2 Å². The van der Waals surface area contributed by atoms with Crippen molar-refractivity contribution in [3.05, 3.63) is 52.6 Å². The fourth-order valence-corrected chi connectivity index (χ4v) is 2.76. The Hall–Kier alpha value is -2.21. The van der Waals surface area contributed by atoms with Crippen LogP contribution in [0.4, 0.5) is 4.39 Å². The first kappa shape index (κ1) is 18.1. The number of hydrogen-bond donors (Lipinski definition) is 2. The Kier molecular flexibility index (Phi) is 5.72. The Morgan fingerprint density at radius 2 is 1.96 bits per heavy atom. The smallest absolute Gasteiger partial charge is 0.255 e. The van der Waals surface area contributed by atoms with Crippen LogP contribution in [0.3, 0.4) is 0 Å². The number of carbonyl (C=O) groups excluding carboxylic acids is 1. The van der Waals surface area contributed by atoms with Gasteiger partial charge in [-0.1, -0.05) is 19.1 Å². The molecular weight excluding hydrogens is 309 g/mol. The second-order valence-electron chi connectivity index (χ2n) is 6.03. The van der Waals surface area contributed by atoms with Gasteiger partial charge in [0.25, 0.3) is 5.91 Å². The van der Waals surface area contributed by atoms with Crippen LogP contribution in [0.25, 0.3) is 0 Å². The van der Waals surface area contributed by atoms with E-state index in [4.69, 9.17) is 0 Å². The molecule has 0 spiro atoms. The minimum Gasteiger partial charge on any atom is -0.386 e. The number of aliphatic hydroxyl groups excluding tert-OH is 1. The Labute approximate surface area is 141 Å². The lowest BCUT2D eigenvalue weighted by Gasteiger charge is -2.20. The summed E-state index contributed by atoms with van der Waals surface area (Å²) in [6.07, 6.45) is 0.0174. The molecule has 2 unspecified atom stereocenters. The van der Waals surface area contributed by atoms with Gasteiger partial charge in [0.1, 0.15) is 5.82 Å². The number of halogens is 1. The van der Waals surface area contributed by atoms with Crippen LogP contribution >= 0.6 is 0 Å². The minimum atomic E-state index is -0.916. The number of aliphatic hydroxyl groups is 1. The number of carbonyl (C=O) groups is 1. The van der Waals surface area contributed by atoms with E-state index in [1.165, 1.54) is 24.3 Å². The molecule has 2 aromatic rings. The summed E-state index contributed by atoms with van der Waals surface area (Å²) in [5, 5.41) is 17.5. The number of aromatic nitrogens is 2. The van der Waals surface area contributed by atoms with Crippen molar-refractivity contribution in [1.29, 1.82) is 0 Å². The first-order valence-corrected chi connectivity index (χ1v) is 8.13. The largest absolute Gasteiger partial charge is 0.386 e. The average molecular weight is 333 g/mol. The van der Waals surface area contributed by atoms with Crippen molar-refractivity contribution < 1.29 is 14.3 Å². The number of nitrogens with one attached hydrogen (secondary N) is 1. The highest BCUT2D eigenvalue weighted by Crippen LogP contribution is 2.19. The van der Waals surface area contributed by atoms with Gasteiger partial charge in [0.05, 0.1) is 23.4 Å². The maximum atomic E-state index is 13.0. The van der Waals surface area contributed by atoms with Gasteiger partial charge in [-0.2, -0.15) is 5.10 Å². The first-order chi connectivity index (χ1) is 11.3. The van der Waals surface area contributed by atoms with E-state index in [1.807, 2.05) is 11.6 Å². The molecule has 24 heavy (non-hydrogen) atoms. The molecule has 6 heteroatoms. The number of amides is 1. The van der Waals surface area contributed by atoms with Crippen LogP contribution in [-0.4, -0.2) is 26.8 Å². The van der Waals surface area contributed by atoms with E-state index in [1.54, 1.807) is 13.8 Å². The third kappa shape index (κ3) is 3.82. The lowest BCUT2D eigenvalue weighted by molar-refractivity contribution is 0.0850. The molecule has 0 aliphatic carbocycles. The molecular formula is C18H24FN3O2. The average Bonchev–Trinajstić information content (AvgIpc) is 2.81. The Bertz CT molecular complexity index is 710. The van der Waals surface area contributed by atoms with Gasteiger partial charge in [0, 0.05) is 12.2 Å². The second kappa shape index (κ2) is 7.57. The predicted molar refractivity (Wildman–Crippen MR) is 90.3 cm³/mol. The molecule has 5 nitrogen and oxygen atoms in total. The molecule has 1 aromatic carbocycles. The maximum Gasteiger partial charge on any atom is 0.255 e. The third-order valence-electron chi connectivity index (χ3n) is 4.09. The second-order valence-corrected chi connectivity index (χ2v) is 6.03. The van der Waals surface area contributed by atoms with Crippen LogP contribution in [0, 0.1) is 19.7 Å². The number of nitrogens with zero attached hydrogens (tertiary/aromatic N) is 2. The van der Waals surface area contributed by atoms with Gasteiger partial charge < -0.3 is 10.4 Å². The molecule has 0 radical (unpaired) electrons. The molecule has 2 atom stereocenters. The zero-order valence-electron chi connectivity index (χ0n) is 14.5. The summed E-state index contributed by atoms with van der Waals surface area (Å²) in [7, 11) is 0. The van der Waals surface area contributed by atoms with Gasteiger partial charge in [0.15, 0.2) is 0 Å². The van der Waals surface area contributed by atoms with E-state index in [9.17, 15) is 14.3 Å². The molecule has 0 saturated carbocycles. The van der Waals surface area contributed by atoms with Gasteiger partial charge in [-0.3, -0.25) is 9.48 Å². The summed E-state index contributed by atoms with van der Waals surface area (Å²) < 4.78 is 14.8. The van der Waals surface area contributed by atoms with Crippen LogP contribution in [0.1, 0.15) is 53.7 Å². The van der Waals surface area contributed by atoms with E-state index in [0.717, 1.165) is 18.7 Å². The van der Waals surface area contributed by atoms with Crippen LogP contribution in [0.15, 0.2) is 24.3 Å². The van der Waals surface area contributed by atoms with E-state index >= 15 is 0 Å². The molecule has 0 saturated heterocycles. The Morgan fingerprint density at radius 1 is 1.33 bits per heavy atom. The SMILES string of the molecule is CCCn1nc(C)c(C(=O)NC(C)C(O)c2ccc(F)cc2)c1C. The number of hydrogen-bond acceptors (Lipinski definition) is 3. The monoisotopic (exact) mass is 333 g/mol. The van der Waals surface area contributed by atoms with Crippen LogP contribution < -0.4 is 5.32 Å². The van der Waals surface area contributed by atoms with Crippen molar-refractivity contribution in [2.45, 2.75) is 52.8 Å². The van der Waals surface area contributed by atoms with Crippen molar-refractivity contribution in [3.63, 3.8) is 0 Å². The summed E-state index contributed by atoms with van der Waals surface area (Å²) in [5.74, 6) is -0.627. The summed E-state index contributed by atoms with van der Waals surface area (Å²) in [5.41, 5.74) is 2.58. The van der Waals surface area contributed by atoms with Gasteiger partial charge in [-0.15, -0.1) is 0 Å². The zero-order chi connectivity index (χ0) is 17.9. The van der Waals surface area contributed by atoms with Gasteiger partial charge >= 0.3 is 0 Å². The van der Waals surface area contributed by atoms with Crippen LogP contribution in [0.5, 0.6) is 0 Å². The van der Waals surface area contributed by atoms with E-state index < -0.39 is 12.1 Å². The fraction of sp³-hybridized carbons (Fsp3) is 0.444. The highest BCUT2D eigenvalue weighted by Gasteiger charge is 2.23. The van der Waals surface area contributed by atoms with E-state index in [2.05, 4.69) is 17.3 Å². The quantitative estimate of drug-likeness (QED) is 0.854. The van der Waals surface area contributed by atoms with Gasteiger partial charge in [-0.05, 0) is 44.9 Å². The molecule has 1 amide bonds. The fourth-order valence-electron chi connectivity index (χ4n) is 2.76. The Balaban J connectivity index is 2.12. The van der Waals surface area contributed by atoms with E-state index in [0.29, 0.717) is 16.8 Å². The molecule has 2 N–H and O–H groups in total. The van der Waals surface area contributed by atoms with Crippen molar-refractivity contribution >= 4 is 5.91 Å². The normalized spacial score (nSPS) is 13.6. The molecule has 1 aromatic heterocycles. The summed E-state index contributed by atoms with van der Waals surface area (Å²) >= 11 is 0.